The molecule has 11 heteroatoms. The van der Waals surface area contributed by atoms with Gasteiger partial charge in [0, 0.05) is 30.6 Å². The predicted molar refractivity (Wildman–Crippen MR) is 184 cm³/mol. The van der Waals surface area contributed by atoms with Crippen molar-refractivity contribution in [2.75, 3.05) is 31.6 Å². The van der Waals surface area contributed by atoms with Crippen LogP contribution in [0.25, 0.3) is 0 Å². The zero-order valence-electron chi connectivity index (χ0n) is 26.9. The number of carbonyl (C=O) groups excluding carboxylic acids is 2. The maximum atomic E-state index is 14.7. The minimum atomic E-state index is -4.32. The number of anilines is 1. The monoisotopic (exact) mass is 677 g/mol. The summed E-state index contributed by atoms with van der Waals surface area (Å²) in [6.07, 6.45) is 0.189. The lowest BCUT2D eigenvalue weighted by molar-refractivity contribution is -0.140. The second-order valence-electron chi connectivity index (χ2n) is 11.3. The number of hydrogen-bond donors (Lipinski definition) is 1. The third-order valence-electron chi connectivity index (χ3n) is 7.52. The highest BCUT2D eigenvalue weighted by Crippen LogP contribution is 2.36. The lowest BCUT2D eigenvalue weighted by Crippen LogP contribution is -2.53. The van der Waals surface area contributed by atoms with E-state index in [4.69, 9.17) is 21.1 Å². The second-order valence-corrected chi connectivity index (χ2v) is 13.6. The zero-order chi connectivity index (χ0) is 34.0. The molecule has 1 N–H and O–H groups in total. The Bertz CT molecular complexity index is 1750. The van der Waals surface area contributed by atoms with Gasteiger partial charge in [-0.1, -0.05) is 92.2 Å². The summed E-state index contributed by atoms with van der Waals surface area (Å²) in [5, 5.41) is 3.39. The molecule has 0 fully saturated rings. The Kier molecular flexibility index (Phi) is 12.3. The molecule has 0 heterocycles. The van der Waals surface area contributed by atoms with Gasteiger partial charge in [-0.25, -0.2) is 8.42 Å². The molecule has 0 aliphatic rings. The number of halogens is 1. The fourth-order valence-electron chi connectivity index (χ4n) is 5.01. The summed E-state index contributed by atoms with van der Waals surface area (Å²) >= 11 is 6.57. The summed E-state index contributed by atoms with van der Waals surface area (Å²) in [4.78, 5) is 30.0. The first-order valence-electron chi connectivity index (χ1n) is 15.2. The molecule has 0 aliphatic carbocycles. The van der Waals surface area contributed by atoms with Gasteiger partial charge in [-0.05, 0) is 47.4 Å². The first-order valence-corrected chi connectivity index (χ1v) is 17.0. The van der Waals surface area contributed by atoms with Crippen molar-refractivity contribution >= 4 is 39.1 Å². The van der Waals surface area contributed by atoms with Crippen LogP contribution in [0.5, 0.6) is 11.5 Å². The smallest absolute Gasteiger partial charge is 0.264 e. The van der Waals surface area contributed by atoms with Crippen LogP contribution in [0, 0.1) is 5.92 Å². The van der Waals surface area contributed by atoms with Crippen molar-refractivity contribution in [3.8, 4) is 11.5 Å². The van der Waals surface area contributed by atoms with Crippen LogP contribution >= 0.6 is 11.6 Å². The Morgan fingerprint density at radius 3 is 2.11 bits per heavy atom. The third-order valence-corrected chi connectivity index (χ3v) is 9.66. The number of amides is 2. The predicted octanol–water partition coefficient (Wildman–Crippen LogP) is 5.96. The van der Waals surface area contributed by atoms with Gasteiger partial charge in [-0.3, -0.25) is 13.9 Å². The number of sulfonamides is 1. The van der Waals surface area contributed by atoms with E-state index < -0.39 is 28.5 Å². The van der Waals surface area contributed by atoms with E-state index in [1.54, 1.807) is 54.6 Å². The second kappa shape index (κ2) is 16.3. The van der Waals surface area contributed by atoms with Crippen LogP contribution in [-0.2, 0) is 32.6 Å². The Morgan fingerprint density at radius 1 is 0.851 bits per heavy atom. The van der Waals surface area contributed by atoms with Gasteiger partial charge in [0.05, 0.1) is 24.8 Å². The van der Waals surface area contributed by atoms with Crippen LogP contribution in [-0.4, -0.2) is 58.5 Å². The van der Waals surface area contributed by atoms with Crippen LogP contribution in [0.4, 0.5) is 5.69 Å². The van der Waals surface area contributed by atoms with Crippen molar-refractivity contribution in [1.29, 1.82) is 0 Å². The molecular formula is C36H40ClN3O6S. The van der Waals surface area contributed by atoms with Gasteiger partial charge >= 0.3 is 0 Å². The summed E-state index contributed by atoms with van der Waals surface area (Å²) in [5.74, 6) is -0.235. The van der Waals surface area contributed by atoms with E-state index in [2.05, 4.69) is 5.32 Å². The van der Waals surface area contributed by atoms with Gasteiger partial charge in [-0.15, -0.1) is 0 Å². The van der Waals surface area contributed by atoms with Gasteiger partial charge in [0.15, 0.2) is 0 Å². The van der Waals surface area contributed by atoms with Gasteiger partial charge in [0.1, 0.15) is 24.1 Å². The Morgan fingerprint density at radius 2 is 1.49 bits per heavy atom. The van der Waals surface area contributed by atoms with Gasteiger partial charge in [0.2, 0.25) is 11.8 Å². The normalized spacial score (nSPS) is 11.9. The Labute approximate surface area is 282 Å². The van der Waals surface area contributed by atoms with E-state index in [1.807, 2.05) is 44.2 Å². The quantitative estimate of drug-likeness (QED) is 0.166. The van der Waals surface area contributed by atoms with E-state index in [0.717, 1.165) is 9.87 Å². The number of carbonyl (C=O) groups is 2. The van der Waals surface area contributed by atoms with E-state index in [-0.39, 0.29) is 41.1 Å². The number of rotatable bonds is 15. The number of nitrogens with zero attached hydrogens (tertiary/aromatic N) is 2. The molecule has 0 saturated carbocycles. The highest BCUT2D eigenvalue weighted by atomic mass is 35.5. The van der Waals surface area contributed by atoms with Crippen molar-refractivity contribution in [2.24, 2.45) is 5.92 Å². The van der Waals surface area contributed by atoms with Gasteiger partial charge < -0.3 is 19.7 Å². The molecule has 0 saturated heterocycles. The van der Waals surface area contributed by atoms with Crippen molar-refractivity contribution in [1.82, 2.24) is 10.2 Å². The molecule has 47 heavy (non-hydrogen) atoms. The molecule has 2 amide bonds. The van der Waals surface area contributed by atoms with Crippen LogP contribution < -0.4 is 19.1 Å². The molecular weight excluding hydrogens is 638 g/mol. The van der Waals surface area contributed by atoms with Crippen molar-refractivity contribution in [2.45, 2.75) is 37.8 Å². The number of nitrogens with one attached hydrogen (secondary N) is 1. The molecule has 0 aliphatic heterocycles. The lowest BCUT2D eigenvalue weighted by Gasteiger charge is -2.34. The molecule has 4 rings (SSSR count). The Balaban J connectivity index is 1.86. The molecule has 248 valence electrons. The average Bonchev–Trinajstić information content (AvgIpc) is 3.08. The van der Waals surface area contributed by atoms with E-state index in [9.17, 15) is 18.0 Å². The molecule has 1 unspecified atom stereocenters. The van der Waals surface area contributed by atoms with Gasteiger partial charge in [0.25, 0.3) is 10.0 Å². The third kappa shape index (κ3) is 9.05. The molecule has 4 aromatic rings. The van der Waals surface area contributed by atoms with Crippen LogP contribution in [0.3, 0.4) is 0 Å². The maximum Gasteiger partial charge on any atom is 0.264 e. The number of benzene rings is 4. The van der Waals surface area contributed by atoms with E-state index in [1.165, 1.54) is 37.3 Å². The molecule has 0 aromatic heterocycles. The molecule has 1 atom stereocenters. The van der Waals surface area contributed by atoms with Crippen LogP contribution in [0.1, 0.15) is 25.0 Å². The van der Waals surface area contributed by atoms with E-state index >= 15 is 0 Å². The largest absolute Gasteiger partial charge is 0.497 e. The topological polar surface area (TPSA) is 105 Å². The molecule has 4 aromatic carbocycles. The minimum Gasteiger partial charge on any atom is -0.497 e. The number of ether oxygens (including phenoxy) is 2. The molecule has 9 nitrogen and oxygen atoms in total. The summed E-state index contributed by atoms with van der Waals surface area (Å²) in [6, 6.07) is 28.0. The standard InChI is InChI=1S/C36H40ClN3O6S/c1-26(2)23-38-36(42)33(21-27-13-7-5-8-14-27)39(24-28-15-11-12-18-31(28)37)35(41)25-40(47(43,44)30-16-9-6-10-17-30)32-22-29(45-3)19-20-34(32)46-4/h5-20,22,26,33H,21,23-25H2,1-4H3,(H,38,42). The fraction of sp³-hybridized carbons (Fsp3) is 0.278. The van der Waals surface area contributed by atoms with Crippen LogP contribution in [0.15, 0.2) is 108 Å². The SMILES string of the molecule is COc1ccc(OC)c(N(CC(=O)N(Cc2ccccc2Cl)C(Cc2ccccc2)C(=O)NCC(C)C)S(=O)(=O)c2ccccc2)c1. The summed E-state index contributed by atoms with van der Waals surface area (Å²) in [5.41, 5.74) is 1.54. The first kappa shape index (κ1) is 35.3. The highest BCUT2D eigenvalue weighted by molar-refractivity contribution is 7.92. The fourth-order valence-corrected chi connectivity index (χ4v) is 6.64. The molecule has 0 spiro atoms. The molecule has 0 bridgehead atoms. The first-order chi connectivity index (χ1) is 22.5. The summed E-state index contributed by atoms with van der Waals surface area (Å²) in [7, 11) is -1.45. The average molecular weight is 678 g/mol. The highest BCUT2D eigenvalue weighted by Gasteiger charge is 2.36. The number of hydrogen-bond acceptors (Lipinski definition) is 6. The zero-order valence-corrected chi connectivity index (χ0v) is 28.5. The Hall–Kier alpha value is -4.54. The van der Waals surface area contributed by atoms with Crippen molar-refractivity contribution < 1.29 is 27.5 Å². The summed E-state index contributed by atoms with van der Waals surface area (Å²) < 4.78 is 40.6. The summed E-state index contributed by atoms with van der Waals surface area (Å²) in [6.45, 7) is 3.67. The van der Waals surface area contributed by atoms with Crippen molar-refractivity contribution in [3.63, 3.8) is 0 Å². The maximum absolute atomic E-state index is 14.7. The van der Waals surface area contributed by atoms with Crippen molar-refractivity contribution in [3.05, 3.63) is 119 Å². The van der Waals surface area contributed by atoms with Crippen LogP contribution in [0.2, 0.25) is 5.02 Å². The lowest BCUT2D eigenvalue weighted by atomic mass is 10.0. The number of methoxy groups -OCH3 is 2. The van der Waals surface area contributed by atoms with E-state index in [0.29, 0.717) is 22.9 Å². The molecule has 0 radical (unpaired) electrons. The van der Waals surface area contributed by atoms with Gasteiger partial charge in [-0.2, -0.15) is 0 Å². The minimum absolute atomic E-state index is 0.0224.